The average molecular weight is 169 g/mol. The Hall–Kier alpha value is -1.36. The van der Waals surface area contributed by atoms with Gasteiger partial charge in [0.1, 0.15) is 0 Å². The molecule has 5 heteroatoms. The van der Waals surface area contributed by atoms with E-state index in [1.54, 1.807) is 10.8 Å². The second kappa shape index (κ2) is 3.87. The van der Waals surface area contributed by atoms with Crippen LogP contribution in [0.4, 0.5) is 0 Å². The summed E-state index contributed by atoms with van der Waals surface area (Å²) in [6.07, 6.45) is 3.77. The predicted molar refractivity (Wildman–Crippen MR) is 42.4 cm³/mol. The number of aryl methyl sites for hydroxylation is 1. The van der Waals surface area contributed by atoms with Crippen LogP contribution in [0.1, 0.15) is 17.0 Å². The van der Waals surface area contributed by atoms with Crippen LogP contribution in [0.25, 0.3) is 0 Å². The van der Waals surface area contributed by atoms with Crippen molar-refractivity contribution in [1.82, 2.24) is 9.55 Å². The Morgan fingerprint density at radius 1 is 1.75 bits per heavy atom. The Balaban J connectivity index is 2.70. The van der Waals surface area contributed by atoms with E-state index in [9.17, 15) is 4.79 Å². The zero-order valence-corrected chi connectivity index (χ0v) is 6.60. The molecule has 0 aliphatic carbocycles. The molecule has 0 bridgehead atoms. The number of primary amides is 1. The summed E-state index contributed by atoms with van der Waals surface area (Å²) < 4.78 is 1.62. The van der Waals surface area contributed by atoms with Gasteiger partial charge >= 0.3 is 0 Å². The Morgan fingerprint density at radius 2 is 2.50 bits per heavy atom. The Kier molecular flexibility index (Phi) is 2.82. The summed E-state index contributed by atoms with van der Waals surface area (Å²) in [5.41, 5.74) is 5.05. The fourth-order valence-corrected chi connectivity index (χ4v) is 0.956. The van der Waals surface area contributed by atoms with E-state index in [4.69, 9.17) is 10.8 Å². The van der Waals surface area contributed by atoms with Gasteiger partial charge in [0.15, 0.2) is 5.82 Å². The number of amides is 1. The number of rotatable bonds is 4. The third-order valence-corrected chi connectivity index (χ3v) is 1.49. The van der Waals surface area contributed by atoms with E-state index in [2.05, 4.69) is 4.98 Å². The van der Waals surface area contributed by atoms with E-state index in [1.165, 1.54) is 6.20 Å². The lowest BCUT2D eigenvalue weighted by molar-refractivity contribution is 0.0985. The topological polar surface area (TPSA) is 81.1 Å². The molecule has 0 aromatic carbocycles. The van der Waals surface area contributed by atoms with Crippen molar-refractivity contribution in [1.29, 1.82) is 0 Å². The van der Waals surface area contributed by atoms with Crippen molar-refractivity contribution in [2.45, 2.75) is 13.0 Å². The molecule has 0 saturated carbocycles. The van der Waals surface area contributed by atoms with E-state index < -0.39 is 5.91 Å². The van der Waals surface area contributed by atoms with Crippen LogP contribution in [-0.2, 0) is 6.54 Å². The molecule has 5 nitrogen and oxygen atoms in total. The summed E-state index contributed by atoms with van der Waals surface area (Å²) in [5, 5.41) is 8.54. The maximum absolute atomic E-state index is 10.7. The van der Waals surface area contributed by atoms with Crippen LogP contribution in [0.3, 0.4) is 0 Å². The minimum atomic E-state index is -0.544. The molecule has 1 heterocycles. The van der Waals surface area contributed by atoms with Crippen molar-refractivity contribution in [2.24, 2.45) is 5.73 Å². The molecule has 0 unspecified atom stereocenters. The van der Waals surface area contributed by atoms with Crippen LogP contribution >= 0.6 is 0 Å². The van der Waals surface area contributed by atoms with Crippen molar-refractivity contribution in [3.05, 3.63) is 18.2 Å². The molecule has 0 radical (unpaired) electrons. The monoisotopic (exact) mass is 169 g/mol. The summed E-state index contributed by atoms with van der Waals surface area (Å²) in [7, 11) is 0. The molecule has 1 rings (SSSR count). The lowest BCUT2D eigenvalue weighted by atomic mass is 10.4. The van der Waals surface area contributed by atoms with Crippen molar-refractivity contribution in [3.8, 4) is 0 Å². The van der Waals surface area contributed by atoms with Crippen LogP contribution in [0, 0.1) is 0 Å². The fourth-order valence-electron chi connectivity index (χ4n) is 0.956. The summed E-state index contributed by atoms with van der Waals surface area (Å²) in [5.74, 6) is -0.304. The number of aliphatic hydroxyl groups excluding tert-OH is 1. The zero-order chi connectivity index (χ0) is 8.97. The number of carbonyl (C=O) groups excluding carboxylic acids is 1. The highest BCUT2D eigenvalue weighted by atomic mass is 16.3. The van der Waals surface area contributed by atoms with Crippen LogP contribution < -0.4 is 5.73 Å². The summed E-state index contributed by atoms with van der Waals surface area (Å²) in [6, 6.07) is 0. The molecule has 3 N–H and O–H groups in total. The van der Waals surface area contributed by atoms with E-state index in [-0.39, 0.29) is 12.4 Å². The molecule has 66 valence electrons. The number of nitrogens with two attached hydrogens (primary N) is 1. The maximum Gasteiger partial charge on any atom is 0.284 e. The van der Waals surface area contributed by atoms with E-state index in [0.717, 1.165) is 0 Å². The van der Waals surface area contributed by atoms with Gasteiger partial charge < -0.3 is 15.4 Å². The highest BCUT2D eigenvalue weighted by molar-refractivity contribution is 5.89. The number of hydrogen-bond acceptors (Lipinski definition) is 3. The first-order valence-corrected chi connectivity index (χ1v) is 3.67. The van der Waals surface area contributed by atoms with Crippen LogP contribution in [0.2, 0.25) is 0 Å². The number of hydrogen-bond donors (Lipinski definition) is 2. The standard InChI is InChI=1S/C7H11N3O2/c8-6(12)7-9-2-4-10(7)3-1-5-11/h2,4,11H,1,3,5H2,(H2,8,12). The molecule has 0 spiro atoms. The van der Waals surface area contributed by atoms with Crippen molar-refractivity contribution >= 4 is 5.91 Å². The molecule has 0 atom stereocenters. The Labute approximate surface area is 69.8 Å². The van der Waals surface area contributed by atoms with Crippen molar-refractivity contribution in [3.63, 3.8) is 0 Å². The van der Waals surface area contributed by atoms with Crippen molar-refractivity contribution in [2.75, 3.05) is 6.61 Å². The number of carbonyl (C=O) groups is 1. The zero-order valence-electron chi connectivity index (χ0n) is 6.60. The quantitative estimate of drug-likeness (QED) is 0.629. The van der Waals surface area contributed by atoms with Crippen molar-refractivity contribution < 1.29 is 9.90 Å². The highest BCUT2D eigenvalue weighted by Crippen LogP contribution is 1.97. The summed E-state index contributed by atoms with van der Waals surface area (Å²) in [4.78, 5) is 14.5. The number of nitrogens with zero attached hydrogens (tertiary/aromatic N) is 2. The van der Waals surface area contributed by atoms with Gasteiger partial charge in [0.25, 0.3) is 5.91 Å². The summed E-state index contributed by atoms with van der Waals surface area (Å²) in [6.45, 7) is 0.658. The number of aromatic nitrogens is 2. The molecule has 0 fully saturated rings. The molecule has 12 heavy (non-hydrogen) atoms. The largest absolute Gasteiger partial charge is 0.396 e. The Bertz CT molecular complexity index is 269. The van der Waals surface area contributed by atoms with Crippen LogP contribution in [-0.4, -0.2) is 27.2 Å². The van der Waals surface area contributed by atoms with Gasteiger partial charge in [-0.2, -0.15) is 0 Å². The van der Waals surface area contributed by atoms with Crippen LogP contribution in [0.5, 0.6) is 0 Å². The van der Waals surface area contributed by atoms with Gasteiger partial charge in [0.05, 0.1) is 0 Å². The summed E-state index contributed by atoms with van der Waals surface area (Å²) >= 11 is 0. The third kappa shape index (κ3) is 1.82. The lowest BCUT2D eigenvalue weighted by Crippen LogP contribution is -2.18. The highest BCUT2D eigenvalue weighted by Gasteiger charge is 2.06. The molecular formula is C7H11N3O2. The maximum atomic E-state index is 10.7. The first-order valence-electron chi connectivity index (χ1n) is 3.67. The molecule has 1 aromatic heterocycles. The van der Waals surface area contributed by atoms with Gasteiger partial charge in [-0.3, -0.25) is 4.79 Å². The van der Waals surface area contributed by atoms with E-state index in [0.29, 0.717) is 13.0 Å². The number of imidazole rings is 1. The molecular weight excluding hydrogens is 158 g/mol. The molecule has 0 saturated heterocycles. The van der Waals surface area contributed by atoms with Gasteiger partial charge in [-0.1, -0.05) is 0 Å². The SMILES string of the molecule is NC(=O)c1nccn1CCCO. The van der Waals surface area contributed by atoms with Gasteiger partial charge in [-0.15, -0.1) is 0 Å². The molecule has 0 aliphatic rings. The van der Waals surface area contributed by atoms with Gasteiger partial charge in [-0.25, -0.2) is 4.98 Å². The third-order valence-electron chi connectivity index (χ3n) is 1.49. The minimum Gasteiger partial charge on any atom is -0.396 e. The predicted octanol–water partition coefficient (Wildman–Crippen LogP) is -0.636. The smallest absolute Gasteiger partial charge is 0.284 e. The van der Waals surface area contributed by atoms with Gasteiger partial charge in [-0.05, 0) is 6.42 Å². The van der Waals surface area contributed by atoms with Crippen LogP contribution in [0.15, 0.2) is 12.4 Å². The first-order chi connectivity index (χ1) is 5.75. The normalized spacial score (nSPS) is 10.1. The van der Waals surface area contributed by atoms with E-state index >= 15 is 0 Å². The second-order valence-electron chi connectivity index (χ2n) is 2.39. The molecule has 0 aliphatic heterocycles. The first kappa shape index (κ1) is 8.73. The van der Waals surface area contributed by atoms with E-state index in [1.807, 2.05) is 0 Å². The molecule has 1 aromatic rings. The Morgan fingerprint density at radius 3 is 3.08 bits per heavy atom. The minimum absolute atomic E-state index is 0.0936. The van der Waals surface area contributed by atoms with Gasteiger partial charge in [0, 0.05) is 25.5 Å². The molecule has 1 amide bonds. The van der Waals surface area contributed by atoms with Gasteiger partial charge in [0.2, 0.25) is 0 Å². The lowest BCUT2D eigenvalue weighted by Gasteiger charge is -2.02. The second-order valence-corrected chi connectivity index (χ2v) is 2.39. The fraction of sp³-hybridized carbons (Fsp3) is 0.429. The number of aliphatic hydroxyl groups is 1. The average Bonchev–Trinajstić information content (AvgIpc) is 2.48.